The van der Waals surface area contributed by atoms with Crippen LogP contribution >= 0.6 is 0 Å². The molecule has 1 saturated heterocycles. The van der Waals surface area contributed by atoms with E-state index in [4.69, 9.17) is 5.11 Å². The monoisotopic (exact) mass is 358 g/mol. The minimum Gasteiger partial charge on any atom is -0.481 e. The van der Waals surface area contributed by atoms with Crippen LogP contribution in [0.15, 0.2) is 24.3 Å². The summed E-state index contributed by atoms with van der Waals surface area (Å²) in [6.45, 7) is -0.0810. The van der Waals surface area contributed by atoms with Gasteiger partial charge in [-0.2, -0.15) is 13.2 Å². The normalized spacial score (nSPS) is 20.6. The minimum atomic E-state index is -4.47. The Bertz CT molecular complexity index is 673. The van der Waals surface area contributed by atoms with Crippen molar-refractivity contribution in [3.05, 3.63) is 35.4 Å². The summed E-state index contributed by atoms with van der Waals surface area (Å²) in [5, 5.41) is 11.0. The molecule has 2 N–H and O–H groups in total. The van der Waals surface area contributed by atoms with Crippen LogP contribution in [0.2, 0.25) is 0 Å². The average Bonchev–Trinajstić information content (AvgIpc) is 2.82. The molecule has 25 heavy (non-hydrogen) atoms. The molecule has 0 aromatic heterocycles. The summed E-state index contributed by atoms with van der Waals surface area (Å²) < 4.78 is 38.0. The first-order valence-electron chi connectivity index (χ1n) is 7.53. The molecule has 2 rings (SSSR count). The number of carboxylic acids is 1. The highest BCUT2D eigenvalue weighted by molar-refractivity contribution is 5.90. The zero-order valence-electron chi connectivity index (χ0n) is 13.3. The first-order valence-corrected chi connectivity index (χ1v) is 7.53. The summed E-state index contributed by atoms with van der Waals surface area (Å²) in [5.41, 5.74) is -0.398. The lowest BCUT2D eigenvalue weighted by atomic mass is 9.92. The van der Waals surface area contributed by atoms with Crippen LogP contribution < -0.4 is 5.32 Å². The number of likely N-dealkylation sites (tertiary alicyclic amines) is 1. The Morgan fingerprint density at radius 1 is 1.28 bits per heavy atom. The fourth-order valence-electron chi connectivity index (χ4n) is 2.85. The molecular weight excluding hydrogens is 341 g/mol. The summed E-state index contributed by atoms with van der Waals surface area (Å²) in [5.74, 6) is -2.66. The smallest absolute Gasteiger partial charge is 0.416 e. The number of nitrogens with zero attached hydrogens (tertiary/aromatic N) is 1. The molecule has 2 unspecified atom stereocenters. The standard InChI is InChI=1S/C16H17F3N2O4/c1-21-12(22)8-11(15(25)20-7-6-13(23)24)14(21)9-2-4-10(5-3-9)16(17,18)19/h2-5,11,14H,6-8H2,1H3,(H,20,25)(H,23,24). The molecule has 1 heterocycles. The van der Waals surface area contributed by atoms with Crippen LogP contribution in [0.4, 0.5) is 13.2 Å². The molecule has 0 radical (unpaired) electrons. The van der Waals surface area contributed by atoms with E-state index >= 15 is 0 Å². The number of hydrogen-bond acceptors (Lipinski definition) is 3. The van der Waals surface area contributed by atoms with Crippen molar-refractivity contribution < 1.29 is 32.7 Å². The molecular formula is C16H17F3N2O4. The van der Waals surface area contributed by atoms with Gasteiger partial charge < -0.3 is 15.3 Å². The largest absolute Gasteiger partial charge is 0.481 e. The fourth-order valence-corrected chi connectivity index (χ4v) is 2.85. The van der Waals surface area contributed by atoms with Gasteiger partial charge in [-0.05, 0) is 17.7 Å². The number of hydrogen-bond donors (Lipinski definition) is 2. The number of carbonyl (C=O) groups is 3. The number of alkyl halides is 3. The van der Waals surface area contributed by atoms with Crippen molar-refractivity contribution in [2.75, 3.05) is 13.6 Å². The number of benzene rings is 1. The van der Waals surface area contributed by atoms with E-state index in [1.54, 1.807) is 0 Å². The Morgan fingerprint density at radius 3 is 2.40 bits per heavy atom. The van der Waals surface area contributed by atoms with E-state index in [2.05, 4.69) is 5.32 Å². The van der Waals surface area contributed by atoms with Gasteiger partial charge in [0.15, 0.2) is 0 Å². The second-order valence-electron chi connectivity index (χ2n) is 5.81. The maximum absolute atomic E-state index is 12.7. The van der Waals surface area contributed by atoms with Gasteiger partial charge in [-0.15, -0.1) is 0 Å². The van der Waals surface area contributed by atoms with Crippen molar-refractivity contribution in [3.63, 3.8) is 0 Å². The zero-order valence-corrected chi connectivity index (χ0v) is 13.3. The molecule has 1 aromatic rings. The molecule has 1 aliphatic heterocycles. The highest BCUT2D eigenvalue weighted by Crippen LogP contribution is 2.38. The Kier molecular flexibility index (Phi) is 5.34. The van der Waals surface area contributed by atoms with Gasteiger partial charge in [-0.3, -0.25) is 14.4 Å². The van der Waals surface area contributed by atoms with Gasteiger partial charge in [0.25, 0.3) is 0 Å². The van der Waals surface area contributed by atoms with E-state index in [1.807, 2.05) is 0 Å². The van der Waals surface area contributed by atoms with Crippen LogP contribution in [0.5, 0.6) is 0 Å². The van der Waals surface area contributed by atoms with E-state index < -0.39 is 35.6 Å². The van der Waals surface area contributed by atoms with E-state index in [1.165, 1.54) is 24.1 Å². The molecule has 1 fully saturated rings. The lowest BCUT2D eigenvalue weighted by Crippen LogP contribution is -2.35. The van der Waals surface area contributed by atoms with Crippen LogP contribution in [-0.4, -0.2) is 41.4 Å². The number of nitrogens with one attached hydrogen (secondary N) is 1. The maximum atomic E-state index is 12.7. The summed E-state index contributed by atoms with van der Waals surface area (Å²) in [4.78, 5) is 36.0. The first kappa shape index (κ1) is 18.8. The van der Waals surface area contributed by atoms with Crippen molar-refractivity contribution in [2.24, 2.45) is 5.92 Å². The van der Waals surface area contributed by atoms with Gasteiger partial charge in [-0.25, -0.2) is 0 Å². The molecule has 0 bridgehead atoms. The highest BCUT2D eigenvalue weighted by Gasteiger charge is 2.42. The van der Waals surface area contributed by atoms with E-state index in [0.717, 1.165) is 12.1 Å². The molecule has 6 nitrogen and oxygen atoms in total. The quantitative estimate of drug-likeness (QED) is 0.841. The lowest BCUT2D eigenvalue weighted by molar-refractivity contribution is -0.138. The minimum absolute atomic E-state index is 0.0810. The molecule has 136 valence electrons. The molecule has 1 aliphatic rings. The fraction of sp³-hybridized carbons (Fsp3) is 0.438. The molecule has 0 aliphatic carbocycles. The van der Waals surface area contributed by atoms with Gasteiger partial charge >= 0.3 is 12.1 Å². The molecule has 0 saturated carbocycles. The highest BCUT2D eigenvalue weighted by atomic mass is 19.4. The number of aliphatic carboxylic acids is 1. The van der Waals surface area contributed by atoms with Crippen LogP contribution in [0.3, 0.4) is 0 Å². The second kappa shape index (κ2) is 7.12. The number of carboxylic acid groups (broad SMARTS) is 1. The maximum Gasteiger partial charge on any atom is 0.416 e. The SMILES string of the molecule is CN1C(=O)CC(C(=O)NCCC(=O)O)C1c1ccc(C(F)(F)F)cc1. The Balaban J connectivity index is 2.19. The predicted molar refractivity (Wildman–Crippen MR) is 80.3 cm³/mol. The predicted octanol–water partition coefficient (Wildman–Crippen LogP) is 1.82. The van der Waals surface area contributed by atoms with Gasteiger partial charge in [0.1, 0.15) is 0 Å². The van der Waals surface area contributed by atoms with Crippen LogP contribution in [-0.2, 0) is 20.6 Å². The van der Waals surface area contributed by atoms with E-state index in [9.17, 15) is 27.6 Å². The summed E-state index contributed by atoms with van der Waals surface area (Å²) in [6.07, 6.45) is -4.81. The summed E-state index contributed by atoms with van der Waals surface area (Å²) in [6, 6.07) is 3.62. The number of carbonyl (C=O) groups excluding carboxylic acids is 2. The topological polar surface area (TPSA) is 86.7 Å². The van der Waals surface area contributed by atoms with Crippen molar-refractivity contribution in [1.82, 2.24) is 10.2 Å². The molecule has 9 heteroatoms. The number of halogens is 3. The third-order valence-electron chi connectivity index (χ3n) is 4.14. The zero-order chi connectivity index (χ0) is 18.8. The van der Waals surface area contributed by atoms with Gasteiger partial charge in [0, 0.05) is 20.0 Å². The van der Waals surface area contributed by atoms with Crippen LogP contribution in [0, 0.1) is 5.92 Å². The summed E-state index contributed by atoms with van der Waals surface area (Å²) >= 11 is 0. The third kappa shape index (κ3) is 4.28. The van der Waals surface area contributed by atoms with Crippen molar-refractivity contribution >= 4 is 17.8 Å². The Labute approximate surface area is 141 Å². The summed E-state index contributed by atoms with van der Waals surface area (Å²) in [7, 11) is 1.48. The third-order valence-corrected chi connectivity index (χ3v) is 4.14. The van der Waals surface area contributed by atoms with Gasteiger partial charge in [0.2, 0.25) is 11.8 Å². The average molecular weight is 358 g/mol. The number of amides is 2. The Morgan fingerprint density at radius 2 is 1.88 bits per heavy atom. The van der Waals surface area contributed by atoms with Crippen LogP contribution in [0.25, 0.3) is 0 Å². The van der Waals surface area contributed by atoms with Crippen LogP contribution in [0.1, 0.15) is 30.0 Å². The van der Waals surface area contributed by atoms with E-state index in [-0.39, 0.29) is 25.3 Å². The van der Waals surface area contributed by atoms with E-state index in [0.29, 0.717) is 5.56 Å². The van der Waals surface area contributed by atoms with Gasteiger partial charge in [0.05, 0.1) is 23.9 Å². The Hall–Kier alpha value is -2.58. The second-order valence-corrected chi connectivity index (χ2v) is 5.81. The van der Waals surface area contributed by atoms with Gasteiger partial charge in [-0.1, -0.05) is 12.1 Å². The van der Waals surface area contributed by atoms with Crippen molar-refractivity contribution in [2.45, 2.75) is 25.1 Å². The molecule has 1 aromatic carbocycles. The van der Waals surface area contributed by atoms with Crippen molar-refractivity contribution in [3.8, 4) is 0 Å². The molecule has 2 atom stereocenters. The van der Waals surface area contributed by atoms with Crippen molar-refractivity contribution in [1.29, 1.82) is 0 Å². The molecule has 0 spiro atoms. The number of rotatable bonds is 5. The first-order chi connectivity index (χ1) is 11.6. The molecule has 2 amide bonds. The lowest BCUT2D eigenvalue weighted by Gasteiger charge is -2.25.